The number of ether oxygens (including phenoxy) is 1. The summed E-state index contributed by atoms with van der Waals surface area (Å²) in [5.74, 6) is 1.44. The fourth-order valence-corrected chi connectivity index (χ4v) is 3.26. The van der Waals surface area contributed by atoms with Gasteiger partial charge in [0.1, 0.15) is 11.6 Å². The lowest BCUT2D eigenvalue weighted by Crippen LogP contribution is -2.27. The number of hydrogen-bond donors (Lipinski definition) is 2. The Kier molecular flexibility index (Phi) is 4.97. The van der Waals surface area contributed by atoms with E-state index in [1.165, 1.54) is 6.07 Å². The zero-order valence-corrected chi connectivity index (χ0v) is 14.0. The van der Waals surface area contributed by atoms with Crippen LogP contribution < -0.4 is 10.3 Å². The summed E-state index contributed by atoms with van der Waals surface area (Å²) in [7, 11) is 1.64. The minimum atomic E-state index is -0.387. The number of methoxy groups -OCH3 is 1. The van der Waals surface area contributed by atoms with Crippen LogP contribution in [0.5, 0.6) is 5.75 Å². The highest BCUT2D eigenvalue weighted by Gasteiger charge is 2.32. The van der Waals surface area contributed by atoms with Gasteiger partial charge in [0.15, 0.2) is 0 Å². The molecule has 0 amide bonds. The molecular weight excluding hydrogens is 306 g/mol. The van der Waals surface area contributed by atoms with E-state index >= 15 is 0 Å². The fourth-order valence-electron chi connectivity index (χ4n) is 3.26. The number of likely N-dealkylation sites (tertiary alicyclic amines) is 1. The van der Waals surface area contributed by atoms with Crippen molar-refractivity contribution in [2.75, 3.05) is 13.7 Å². The van der Waals surface area contributed by atoms with Crippen LogP contribution in [0, 0.1) is 0 Å². The lowest BCUT2D eigenvalue weighted by Gasteiger charge is -2.24. The summed E-state index contributed by atoms with van der Waals surface area (Å²) in [6.07, 6.45) is 0.992. The van der Waals surface area contributed by atoms with Gasteiger partial charge in [0, 0.05) is 24.3 Å². The number of aromatic amines is 1. The van der Waals surface area contributed by atoms with Crippen molar-refractivity contribution in [2.24, 2.45) is 0 Å². The van der Waals surface area contributed by atoms with Crippen LogP contribution in [0.1, 0.15) is 36.5 Å². The van der Waals surface area contributed by atoms with E-state index in [2.05, 4.69) is 14.9 Å². The molecule has 2 heterocycles. The predicted molar refractivity (Wildman–Crippen MR) is 91.0 cm³/mol. The summed E-state index contributed by atoms with van der Waals surface area (Å²) < 4.78 is 5.30. The van der Waals surface area contributed by atoms with E-state index in [-0.39, 0.29) is 17.7 Å². The second-order valence-electron chi connectivity index (χ2n) is 6.15. The highest BCUT2D eigenvalue weighted by atomic mass is 16.5. The van der Waals surface area contributed by atoms with E-state index < -0.39 is 0 Å². The Morgan fingerprint density at radius 1 is 1.42 bits per heavy atom. The Balaban J connectivity index is 1.85. The minimum Gasteiger partial charge on any atom is -0.497 e. The van der Waals surface area contributed by atoms with Crippen molar-refractivity contribution >= 4 is 0 Å². The molecule has 3 rings (SSSR count). The molecule has 2 N–H and O–H groups in total. The quantitative estimate of drug-likeness (QED) is 0.872. The fraction of sp³-hybridized carbons (Fsp3) is 0.444. The van der Waals surface area contributed by atoms with Gasteiger partial charge in [-0.25, -0.2) is 4.98 Å². The van der Waals surface area contributed by atoms with Gasteiger partial charge in [0.25, 0.3) is 5.56 Å². The van der Waals surface area contributed by atoms with Crippen LogP contribution in [0.2, 0.25) is 0 Å². The number of benzene rings is 1. The van der Waals surface area contributed by atoms with Gasteiger partial charge in [-0.2, -0.15) is 0 Å². The standard InChI is InChI=1S/C18H23N3O3/c1-3-13-8-18(23)20-17(19-13)11-21-10-14(22)9-16(21)12-5-4-6-15(7-12)24-2/h4-8,14,16,22H,3,9-11H2,1-2H3,(H,19,20,23)/t14-,16+/m0/s1. The number of H-pyrrole nitrogens is 1. The molecule has 1 aromatic heterocycles. The minimum absolute atomic E-state index is 0.0747. The number of hydrogen-bond acceptors (Lipinski definition) is 5. The van der Waals surface area contributed by atoms with Crippen LogP contribution in [0.4, 0.5) is 0 Å². The largest absolute Gasteiger partial charge is 0.497 e. The summed E-state index contributed by atoms with van der Waals surface area (Å²) >= 11 is 0. The van der Waals surface area contributed by atoms with Crippen molar-refractivity contribution in [3.8, 4) is 5.75 Å². The van der Waals surface area contributed by atoms with Crippen LogP contribution in [-0.4, -0.2) is 39.7 Å². The highest BCUT2D eigenvalue weighted by Crippen LogP contribution is 2.34. The molecule has 1 fully saturated rings. The average Bonchev–Trinajstić information content (AvgIpc) is 2.94. The van der Waals surface area contributed by atoms with E-state index in [9.17, 15) is 9.90 Å². The number of aliphatic hydroxyl groups is 1. The van der Waals surface area contributed by atoms with Crippen molar-refractivity contribution in [1.29, 1.82) is 0 Å². The highest BCUT2D eigenvalue weighted by molar-refractivity contribution is 5.31. The number of aliphatic hydroxyl groups excluding tert-OH is 1. The van der Waals surface area contributed by atoms with E-state index in [1.54, 1.807) is 7.11 Å². The van der Waals surface area contributed by atoms with Crippen LogP contribution in [0.3, 0.4) is 0 Å². The summed E-state index contributed by atoms with van der Waals surface area (Å²) in [5, 5.41) is 10.1. The molecule has 0 unspecified atom stereocenters. The van der Waals surface area contributed by atoms with Crippen LogP contribution in [0.15, 0.2) is 35.1 Å². The summed E-state index contributed by atoms with van der Waals surface area (Å²) in [5.41, 5.74) is 1.75. The topological polar surface area (TPSA) is 78.5 Å². The zero-order chi connectivity index (χ0) is 17.1. The van der Waals surface area contributed by atoms with Crippen molar-refractivity contribution < 1.29 is 9.84 Å². The molecule has 0 saturated carbocycles. The Bertz CT molecular complexity index is 759. The predicted octanol–water partition coefficient (Wildman–Crippen LogP) is 1.65. The molecule has 2 aromatic rings. The third kappa shape index (κ3) is 3.66. The Hall–Kier alpha value is -2.18. The number of β-amino-alcohol motifs (C(OH)–C–C–N with tert-alkyl or cyclic N) is 1. The SMILES string of the molecule is CCc1cc(=O)[nH]c(CN2C[C@@H](O)C[C@@H]2c2cccc(OC)c2)n1. The normalized spacial score (nSPS) is 21.1. The average molecular weight is 329 g/mol. The molecule has 1 saturated heterocycles. The van der Waals surface area contributed by atoms with Crippen molar-refractivity contribution in [2.45, 2.75) is 38.5 Å². The summed E-state index contributed by atoms with van der Waals surface area (Å²) in [6.45, 7) is 3.04. The van der Waals surface area contributed by atoms with Gasteiger partial charge < -0.3 is 14.8 Å². The maximum Gasteiger partial charge on any atom is 0.251 e. The van der Waals surface area contributed by atoms with Gasteiger partial charge in [-0.15, -0.1) is 0 Å². The van der Waals surface area contributed by atoms with Gasteiger partial charge in [0.2, 0.25) is 0 Å². The van der Waals surface area contributed by atoms with E-state index in [1.807, 2.05) is 31.2 Å². The molecule has 2 atom stereocenters. The molecule has 6 nitrogen and oxygen atoms in total. The van der Waals surface area contributed by atoms with Gasteiger partial charge >= 0.3 is 0 Å². The first-order valence-corrected chi connectivity index (χ1v) is 8.24. The Morgan fingerprint density at radius 3 is 3.00 bits per heavy atom. The molecule has 128 valence electrons. The molecule has 24 heavy (non-hydrogen) atoms. The molecule has 1 aliphatic heterocycles. The Labute approximate surface area is 141 Å². The molecule has 0 aliphatic carbocycles. The molecule has 6 heteroatoms. The lowest BCUT2D eigenvalue weighted by molar-refractivity contribution is 0.171. The number of nitrogens with one attached hydrogen (secondary N) is 1. The molecule has 1 aliphatic rings. The van der Waals surface area contributed by atoms with Crippen LogP contribution in [0.25, 0.3) is 0 Å². The first-order chi connectivity index (χ1) is 11.6. The van der Waals surface area contributed by atoms with Crippen molar-refractivity contribution in [3.05, 3.63) is 57.8 Å². The molecule has 1 aromatic carbocycles. The number of aryl methyl sites for hydroxylation is 1. The number of nitrogens with zero attached hydrogens (tertiary/aromatic N) is 2. The lowest BCUT2D eigenvalue weighted by atomic mass is 10.0. The molecular formula is C18H23N3O3. The van der Waals surface area contributed by atoms with E-state index in [0.29, 0.717) is 25.3 Å². The number of aromatic nitrogens is 2. The maximum absolute atomic E-state index is 11.8. The summed E-state index contributed by atoms with van der Waals surface area (Å²) in [6, 6.07) is 9.50. The first kappa shape index (κ1) is 16.7. The number of rotatable bonds is 5. The third-order valence-electron chi connectivity index (χ3n) is 4.42. The second-order valence-corrected chi connectivity index (χ2v) is 6.15. The smallest absolute Gasteiger partial charge is 0.251 e. The first-order valence-electron chi connectivity index (χ1n) is 8.24. The Morgan fingerprint density at radius 2 is 2.25 bits per heavy atom. The molecule has 0 radical (unpaired) electrons. The molecule has 0 bridgehead atoms. The van der Waals surface area contributed by atoms with Gasteiger partial charge in [0.05, 0.1) is 19.8 Å². The van der Waals surface area contributed by atoms with Gasteiger partial charge in [-0.3, -0.25) is 9.69 Å². The monoisotopic (exact) mass is 329 g/mol. The second kappa shape index (κ2) is 7.15. The van der Waals surface area contributed by atoms with Crippen molar-refractivity contribution in [3.63, 3.8) is 0 Å². The zero-order valence-electron chi connectivity index (χ0n) is 14.0. The van der Waals surface area contributed by atoms with Crippen LogP contribution >= 0.6 is 0 Å². The van der Waals surface area contributed by atoms with E-state index in [0.717, 1.165) is 23.4 Å². The third-order valence-corrected chi connectivity index (χ3v) is 4.42. The van der Waals surface area contributed by atoms with Gasteiger partial charge in [-0.05, 0) is 30.5 Å². The van der Waals surface area contributed by atoms with Gasteiger partial charge in [-0.1, -0.05) is 19.1 Å². The maximum atomic E-state index is 11.8. The summed E-state index contributed by atoms with van der Waals surface area (Å²) in [4.78, 5) is 21.2. The van der Waals surface area contributed by atoms with Crippen LogP contribution in [-0.2, 0) is 13.0 Å². The molecule has 0 spiro atoms. The van der Waals surface area contributed by atoms with Crippen molar-refractivity contribution in [1.82, 2.24) is 14.9 Å². The van der Waals surface area contributed by atoms with E-state index in [4.69, 9.17) is 4.74 Å².